The average Bonchev–Trinajstić information content (AvgIpc) is 3.00. The van der Waals surface area contributed by atoms with Gasteiger partial charge in [0.25, 0.3) is 5.91 Å². The number of halogens is 2. The maximum absolute atomic E-state index is 14.7. The molecule has 6 N–H and O–H groups in total. The van der Waals surface area contributed by atoms with Crippen molar-refractivity contribution in [2.75, 3.05) is 19.6 Å². The number of thiazole rings is 1. The summed E-state index contributed by atoms with van der Waals surface area (Å²) in [6.45, 7) is 14.6. The van der Waals surface area contributed by atoms with Gasteiger partial charge in [0.05, 0.1) is 56.8 Å². The number of azo groups is 1. The Labute approximate surface area is 485 Å². The number of likely N-dealkylation sites (tertiary alicyclic amines) is 1. The molecule has 2 aromatic heterocycles. The van der Waals surface area contributed by atoms with E-state index in [1.165, 1.54) is 16.2 Å². The highest BCUT2D eigenvalue weighted by Crippen LogP contribution is 2.49. The first kappa shape index (κ1) is 59.4. The zero-order chi connectivity index (χ0) is 57.8. The standard InChI is InChI=1S/C59H72ClFN12O6S2/c1-33-35(3)81-56-49(33)50(38-16-18-41(60)19-17-38)66-45(53-71-68-36(4)73(53)56)29-48(76)62-25-10-8-9-11-47(75)63-26-22-37-12-20-42(21-13-37)69-70-44-27-39(51-34(2)65-32-80-51)14-15-40(44)30-64-54(77)46-28-43(74)31-72(46)55(78)52(58(5,6)7)67-57(79)59(61)23-24-59/h12-21,27,32-33,35,43,45-46,52,54,64,74,77H,8-11,22-26,28-31H2,1-7H3,(H,62,76)(H,63,75)(H,67,79)/t33?,35?,43-,45?,46+,52-,54?/m1/s1. The van der Waals surface area contributed by atoms with E-state index in [0.717, 1.165) is 62.2 Å². The number of amides is 4. The van der Waals surface area contributed by atoms with Gasteiger partial charge in [-0.1, -0.05) is 89.0 Å². The van der Waals surface area contributed by atoms with Crippen molar-refractivity contribution >= 4 is 80.4 Å². The van der Waals surface area contributed by atoms with Crippen LogP contribution in [-0.4, -0.2) is 119 Å². The van der Waals surface area contributed by atoms with Crippen molar-refractivity contribution in [3.05, 3.63) is 117 Å². The second-order valence-corrected chi connectivity index (χ2v) is 25.4. The van der Waals surface area contributed by atoms with Crippen molar-refractivity contribution in [1.82, 2.24) is 45.9 Å². The number of allylic oxidation sites excluding steroid dienone is 1. The lowest BCUT2D eigenvalue weighted by Gasteiger charge is -2.37. The Kier molecular flexibility index (Phi) is 18.7. The van der Waals surface area contributed by atoms with Crippen molar-refractivity contribution < 1.29 is 33.8 Å². The summed E-state index contributed by atoms with van der Waals surface area (Å²) >= 11 is 9.56. The summed E-state index contributed by atoms with van der Waals surface area (Å²) in [5, 5.41) is 54.3. The zero-order valence-electron chi connectivity index (χ0n) is 46.8. The molecule has 1 saturated heterocycles. The van der Waals surface area contributed by atoms with Crippen LogP contribution in [-0.2, 0) is 32.1 Å². The summed E-state index contributed by atoms with van der Waals surface area (Å²) in [5.41, 5.74) is 6.60. The number of nitrogens with one attached hydrogen (secondary N) is 4. The van der Waals surface area contributed by atoms with E-state index in [0.29, 0.717) is 65.4 Å². The Balaban J connectivity index is 0.733. The number of alkyl halides is 1. The van der Waals surface area contributed by atoms with Gasteiger partial charge in [-0.25, -0.2) is 9.37 Å². The van der Waals surface area contributed by atoms with Gasteiger partial charge in [-0.05, 0) is 111 Å². The first-order chi connectivity index (χ1) is 38.7. The molecule has 5 aromatic rings. The fourth-order valence-electron chi connectivity index (χ4n) is 10.4. The number of nitrogens with zero attached hydrogens (tertiary/aromatic N) is 8. The lowest BCUT2D eigenvalue weighted by molar-refractivity contribution is -0.144. The Morgan fingerprint density at radius 3 is 2.36 bits per heavy atom. The molecule has 4 aliphatic rings. The van der Waals surface area contributed by atoms with Crippen LogP contribution in [0.3, 0.4) is 0 Å². The number of thioether (sulfide) groups is 1. The van der Waals surface area contributed by atoms with Crippen LogP contribution in [0.2, 0.25) is 5.02 Å². The SMILES string of the molecule is Cc1ncsc1-c1ccc(CNC(O)[C@@H]2C[C@@H](O)CN2C(=O)[C@@H](NC(=O)C2(F)CC2)C(C)(C)C)c(N=Nc2ccc(CCNC(=O)CCCCCNC(=O)CC3N=C(c4ccc(Cl)cc4)C4=C(SC(C)C4C)n4c(C)nnc43)cc2)c1. The molecule has 0 radical (unpaired) electrons. The van der Waals surface area contributed by atoms with Crippen LogP contribution in [0.15, 0.2) is 93.0 Å². The molecule has 430 valence electrons. The molecular weight excluding hydrogens is 1090 g/mol. The number of fused-ring (bicyclic) bond motifs is 2. The molecule has 1 aliphatic carbocycles. The fraction of sp³-hybridized carbons (Fsp3) is 0.492. The third-order valence-electron chi connectivity index (χ3n) is 15.5. The number of β-amino-alcohol motifs (C(OH)–C–C–N with tert-alkyl or cyclic N) is 1. The van der Waals surface area contributed by atoms with Crippen LogP contribution in [0.5, 0.6) is 0 Å². The molecular formula is C59H72ClFN12O6S2. The van der Waals surface area contributed by atoms with Crippen LogP contribution in [0.25, 0.3) is 15.5 Å². The molecule has 7 atom stereocenters. The Bertz CT molecular complexity index is 3210. The minimum Gasteiger partial charge on any atom is -0.391 e. The number of rotatable bonds is 22. The minimum absolute atomic E-state index is 0.0326. The number of aliphatic hydroxyl groups excluding tert-OH is 2. The first-order valence-electron chi connectivity index (χ1n) is 27.8. The van der Waals surface area contributed by atoms with Crippen molar-refractivity contribution in [1.29, 1.82) is 0 Å². The smallest absolute Gasteiger partial charge is 0.258 e. The van der Waals surface area contributed by atoms with E-state index in [2.05, 4.69) is 65.1 Å². The molecule has 4 unspecified atom stereocenters. The topological polar surface area (TPSA) is 241 Å². The summed E-state index contributed by atoms with van der Waals surface area (Å²) in [6.07, 6.45) is 1.43. The summed E-state index contributed by atoms with van der Waals surface area (Å²) in [6, 6.07) is 18.6. The van der Waals surface area contributed by atoms with Crippen LogP contribution in [0.1, 0.15) is 126 Å². The third-order valence-corrected chi connectivity index (χ3v) is 18.1. The van der Waals surface area contributed by atoms with Gasteiger partial charge >= 0.3 is 0 Å². The van der Waals surface area contributed by atoms with Crippen molar-refractivity contribution in [2.45, 2.75) is 154 Å². The van der Waals surface area contributed by atoms with Gasteiger partial charge in [0.15, 0.2) is 11.5 Å². The van der Waals surface area contributed by atoms with Gasteiger partial charge < -0.3 is 31.1 Å². The second-order valence-electron chi connectivity index (χ2n) is 22.7. The maximum atomic E-state index is 14.7. The van der Waals surface area contributed by atoms with Gasteiger partial charge in [-0.3, -0.25) is 34.1 Å². The zero-order valence-corrected chi connectivity index (χ0v) is 49.2. The molecule has 0 spiro atoms. The van der Waals surface area contributed by atoms with E-state index in [-0.39, 0.29) is 56.5 Å². The van der Waals surface area contributed by atoms with E-state index < -0.39 is 53.4 Å². The lowest BCUT2D eigenvalue weighted by Crippen LogP contribution is -2.59. The largest absolute Gasteiger partial charge is 0.391 e. The van der Waals surface area contributed by atoms with Crippen molar-refractivity contribution in [3.8, 4) is 10.4 Å². The normalized spacial score (nSPS) is 21.0. The second kappa shape index (κ2) is 25.5. The number of hydrogen-bond acceptors (Lipinski definition) is 15. The third kappa shape index (κ3) is 14.2. The minimum atomic E-state index is -1.97. The van der Waals surface area contributed by atoms with Crippen molar-refractivity contribution in [3.63, 3.8) is 0 Å². The van der Waals surface area contributed by atoms with Crippen molar-refractivity contribution in [2.24, 2.45) is 26.6 Å². The van der Waals surface area contributed by atoms with Gasteiger partial charge in [0.2, 0.25) is 17.7 Å². The van der Waals surface area contributed by atoms with E-state index in [9.17, 15) is 33.8 Å². The number of carbonyl (C=O) groups is 4. The molecule has 18 nitrogen and oxygen atoms in total. The van der Waals surface area contributed by atoms with Gasteiger partial charge in [-0.15, -0.1) is 33.3 Å². The number of benzene rings is 3. The molecule has 9 rings (SSSR count). The Hall–Kier alpha value is -6.23. The molecule has 81 heavy (non-hydrogen) atoms. The summed E-state index contributed by atoms with van der Waals surface area (Å²) < 4.78 is 16.8. The van der Waals surface area contributed by atoms with Crippen LogP contribution in [0, 0.1) is 25.2 Å². The summed E-state index contributed by atoms with van der Waals surface area (Å²) in [7, 11) is 0. The predicted octanol–water partition coefficient (Wildman–Crippen LogP) is 9.40. The Morgan fingerprint density at radius 2 is 1.65 bits per heavy atom. The summed E-state index contributed by atoms with van der Waals surface area (Å²) in [4.78, 5) is 65.0. The molecule has 2 fully saturated rings. The lowest BCUT2D eigenvalue weighted by atomic mass is 9.85. The molecule has 5 heterocycles. The Morgan fingerprint density at radius 1 is 0.926 bits per heavy atom. The maximum Gasteiger partial charge on any atom is 0.258 e. The van der Waals surface area contributed by atoms with E-state index >= 15 is 0 Å². The fourth-order valence-corrected chi connectivity index (χ4v) is 12.7. The number of hydrogen-bond donors (Lipinski definition) is 6. The molecule has 3 aromatic carbocycles. The van der Waals surface area contributed by atoms with Gasteiger partial charge in [-0.2, -0.15) is 10.2 Å². The highest BCUT2D eigenvalue weighted by atomic mass is 35.5. The van der Waals surface area contributed by atoms with E-state index in [1.807, 2.05) is 80.6 Å². The van der Waals surface area contributed by atoms with Gasteiger partial charge in [0, 0.05) is 54.0 Å². The van der Waals surface area contributed by atoms with Crippen LogP contribution < -0.4 is 21.3 Å². The number of carbonyl (C=O) groups excluding carboxylic acids is 4. The summed E-state index contributed by atoms with van der Waals surface area (Å²) in [5.74, 6) is 0.140. The molecule has 3 aliphatic heterocycles. The monoisotopic (exact) mass is 1160 g/mol. The highest BCUT2D eigenvalue weighted by Gasteiger charge is 2.53. The predicted molar refractivity (Wildman–Crippen MR) is 314 cm³/mol. The number of aryl methyl sites for hydroxylation is 2. The van der Waals surface area contributed by atoms with Crippen LogP contribution in [0.4, 0.5) is 15.8 Å². The highest BCUT2D eigenvalue weighted by molar-refractivity contribution is 8.08. The van der Waals surface area contributed by atoms with E-state index in [4.69, 9.17) is 16.6 Å². The number of unbranched alkanes of at least 4 members (excludes halogenated alkanes) is 2. The number of aromatic nitrogens is 4. The van der Waals surface area contributed by atoms with Gasteiger partial charge in [0.1, 0.15) is 24.1 Å². The number of aliphatic imine (C=N–C) groups is 1. The quantitative estimate of drug-likeness (QED) is 0.0217. The first-order valence-corrected chi connectivity index (χ1v) is 30.0. The average molecular weight is 1160 g/mol. The van der Waals surface area contributed by atoms with Crippen LogP contribution >= 0.6 is 34.7 Å². The molecule has 22 heteroatoms. The molecule has 4 amide bonds. The molecule has 1 saturated carbocycles. The number of aliphatic hydroxyl groups is 2. The van der Waals surface area contributed by atoms with E-state index in [1.54, 1.807) is 38.0 Å². The molecule has 0 bridgehead atoms.